The summed E-state index contributed by atoms with van der Waals surface area (Å²) >= 11 is 0. The van der Waals surface area contributed by atoms with Crippen LogP contribution in [-0.4, -0.2) is 75.9 Å². The van der Waals surface area contributed by atoms with E-state index in [1.54, 1.807) is 0 Å². The van der Waals surface area contributed by atoms with Crippen molar-refractivity contribution in [3.05, 3.63) is 0 Å². The molecule has 1 N–H and O–H groups in total. The highest BCUT2D eigenvalue weighted by molar-refractivity contribution is 4.73. The van der Waals surface area contributed by atoms with Crippen molar-refractivity contribution in [2.45, 2.75) is 13.0 Å². The summed E-state index contributed by atoms with van der Waals surface area (Å²) in [6.45, 7) is 9.58. The molecule has 1 aliphatic rings. The molecule has 4 heteroatoms. The van der Waals surface area contributed by atoms with E-state index in [2.05, 4.69) is 29.1 Å². The Hall–Kier alpha value is -0.160. The van der Waals surface area contributed by atoms with Gasteiger partial charge in [-0.2, -0.15) is 0 Å². The van der Waals surface area contributed by atoms with Gasteiger partial charge in [0, 0.05) is 32.7 Å². The molecule has 1 aliphatic heterocycles. The number of hydrogen-bond donors (Lipinski definition) is 1. The van der Waals surface area contributed by atoms with Gasteiger partial charge >= 0.3 is 0 Å². The molecule has 1 rings (SSSR count). The van der Waals surface area contributed by atoms with Crippen molar-refractivity contribution in [3.63, 3.8) is 0 Å². The summed E-state index contributed by atoms with van der Waals surface area (Å²) in [5, 5.41) is 3.16. The Morgan fingerprint density at radius 3 is 3.00 bits per heavy atom. The molecular weight excluding hydrogens is 190 g/mol. The lowest BCUT2D eigenvalue weighted by Gasteiger charge is -2.34. The van der Waals surface area contributed by atoms with Gasteiger partial charge in [0.1, 0.15) is 0 Å². The molecule has 0 bridgehead atoms. The standard InChI is InChI=1S/C11H25N3O/c1-4-14-7-8-15-11(10-14)9-13(3)6-5-12-2/h11-12H,4-10H2,1-3H3. The summed E-state index contributed by atoms with van der Waals surface area (Å²) in [5.41, 5.74) is 0. The topological polar surface area (TPSA) is 27.7 Å². The molecule has 1 saturated heterocycles. The number of morpholine rings is 1. The van der Waals surface area contributed by atoms with Crippen molar-refractivity contribution in [3.8, 4) is 0 Å². The first kappa shape index (κ1) is 12.9. The van der Waals surface area contributed by atoms with Gasteiger partial charge in [0.25, 0.3) is 0 Å². The monoisotopic (exact) mass is 215 g/mol. The van der Waals surface area contributed by atoms with Crippen LogP contribution in [-0.2, 0) is 4.74 Å². The van der Waals surface area contributed by atoms with Gasteiger partial charge in [-0.1, -0.05) is 6.92 Å². The van der Waals surface area contributed by atoms with Gasteiger partial charge in [0.15, 0.2) is 0 Å². The Balaban J connectivity index is 2.19. The van der Waals surface area contributed by atoms with Crippen molar-refractivity contribution < 1.29 is 4.74 Å². The molecule has 0 amide bonds. The molecule has 0 spiro atoms. The summed E-state index contributed by atoms with van der Waals surface area (Å²) in [6.07, 6.45) is 0.389. The fourth-order valence-corrected chi connectivity index (χ4v) is 1.92. The lowest BCUT2D eigenvalue weighted by Crippen LogP contribution is -2.47. The van der Waals surface area contributed by atoms with Crippen LogP contribution < -0.4 is 5.32 Å². The minimum absolute atomic E-state index is 0.389. The smallest absolute Gasteiger partial charge is 0.0829 e. The predicted octanol–water partition coefficient (Wildman–Crippen LogP) is -0.142. The minimum Gasteiger partial charge on any atom is -0.374 e. The van der Waals surface area contributed by atoms with E-state index in [1.807, 2.05) is 7.05 Å². The first-order valence-corrected chi connectivity index (χ1v) is 5.93. The van der Waals surface area contributed by atoms with Gasteiger partial charge in [-0.05, 0) is 20.6 Å². The predicted molar refractivity (Wildman–Crippen MR) is 63.3 cm³/mol. The quantitative estimate of drug-likeness (QED) is 0.667. The Morgan fingerprint density at radius 2 is 2.33 bits per heavy atom. The van der Waals surface area contributed by atoms with E-state index in [-0.39, 0.29) is 0 Å². The SMILES string of the molecule is CCN1CCOC(CN(C)CCNC)C1. The van der Waals surface area contributed by atoms with Crippen LogP contribution in [0, 0.1) is 0 Å². The maximum Gasteiger partial charge on any atom is 0.0829 e. The van der Waals surface area contributed by atoms with Crippen LogP contribution in [0.1, 0.15) is 6.92 Å². The van der Waals surface area contributed by atoms with E-state index in [1.165, 1.54) is 0 Å². The highest BCUT2D eigenvalue weighted by Gasteiger charge is 2.20. The van der Waals surface area contributed by atoms with Crippen LogP contribution in [0.4, 0.5) is 0 Å². The van der Waals surface area contributed by atoms with Gasteiger partial charge in [-0.15, -0.1) is 0 Å². The Bertz CT molecular complexity index is 166. The molecule has 1 heterocycles. The summed E-state index contributed by atoms with van der Waals surface area (Å²) in [6, 6.07) is 0. The molecular formula is C11H25N3O. The summed E-state index contributed by atoms with van der Waals surface area (Å²) in [7, 11) is 4.15. The van der Waals surface area contributed by atoms with E-state index < -0.39 is 0 Å². The van der Waals surface area contributed by atoms with Crippen LogP contribution in [0.15, 0.2) is 0 Å². The maximum absolute atomic E-state index is 5.76. The number of rotatable bonds is 6. The largest absolute Gasteiger partial charge is 0.374 e. The van der Waals surface area contributed by atoms with Gasteiger partial charge in [-0.25, -0.2) is 0 Å². The highest BCUT2D eigenvalue weighted by atomic mass is 16.5. The second-order valence-corrected chi connectivity index (χ2v) is 4.25. The van der Waals surface area contributed by atoms with Crippen LogP contribution in [0.3, 0.4) is 0 Å². The minimum atomic E-state index is 0.389. The molecule has 1 atom stereocenters. The van der Waals surface area contributed by atoms with E-state index >= 15 is 0 Å². The molecule has 0 aliphatic carbocycles. The second kappa shape index (κ2) is 7.17. The highest BCUT2D eigenvalue weighted by Crippen LogP contribution is 2.05. The number of nitrogens with one attached hydrogen (secondary N) is 1. The van der Waals surface area contributed by atoms with Gasteiger partial charge < -0.3 is 15.0 Å². The molecule has 15 heavy (non-hydrogen) atoms. The molecule has 4 nitrogen and oxygen atoms in total. The van der Waals surface area contributed by atoms with Crippen LogP contribution >= 0.6 is 0 Å². The molecule has 0 aromatic carbocycles. The van der Waals surface area contributed by atoms with Gasteiger partial charge in [0.2, 0.25) is 0 Å². The zero-order valence-corrected chi connectivity index (χ0v) is 10.3. The zero-order valence-electron chi connectivity index (χ0n) is 10.3. The van der Waals surface area contributed by atoms with Crippen molar-refractivity contribution >= 4 is 0 Å². The second-order valence-electron chi connectivity index (χ2n) is 4.25. The van der Waals surface area contributed by atoms with Crippen molar-refractivity contribution in [1.82, 2.24) is 15.1 Å². The lowest BCUT2D eigenvalue weighted by atomic mass is 10.2. The van der Waals surface area contributed by atoms with E-state index in [4.69, 9.17) is 4.74 Å². The van der Waals surface area contributed by atoms with E-state index in [0.717, 1.165) is 45.9 Å². The van der Waals surface area contributed by atoms with Crippen molar-refractivity contribution in [2.75, 3.05) is 60.0 Å². The number of ether oxygens (including phenoxy) is 1. The third-order valence-corrected chi connectivity index (χ3v) is 2.93. The molecule has 0 saturated carbocycles. The van der Waals surface area contributed by atoms with Crippen molar-refractivity contribution in [1.29, 1.82) is 0 Å². The zero-order chi connectivity index (χ0) is 11.1. The van der Waals surface area contributed by atoms with E-state index in [0.29, 0.717) is 6.10 Å². The average Bonchev–Trinajstić information content (AvgIpc) is 2.26. The van der Waals surface area contributed by atoms with Gasteiger partial charge in [0.05, 0.1) is 12.7 Å². The normalized spacial score (nSPS) is 23.6. The average molecular weight is 215 g/mol. The molecule has 1 unspecified atom stereocenters. The summed E-state index contributed by atoms with van der Waals surface area (Å²) in [5.74, 6) is 0. The molecule has 0 radical (unpaired) electrons. The lowest BCUT2D eigenvalue weighted by molar-refractivity contribution is -0.0386. The van der Waals surface area contributed by atoms with Crippen LogP contribution in [0.2, 0.25) is 0 Å². The molecule has 1 fully saturated rings. The third-order valence-electron chi connectivity index (χ3n) is 2.93. The van der Waals surface area contributed by atoms with Crippen LogP contribution in [0.25, 0.3) is 0 Å². The van der Waals surface area contributed by atoms with Crippen LogP contribution in [0.5, 0.6) is 0 Å². The Kier molecular flexibility index (Phi) is 6.17. The third kappa shape index (κ3) is 4.93. The van der Waals surface area contributed by atoms with Crippen molar-refractivity contribution in [2.24, 2.45) is 0 Å². The summed E-state index contributed by atoms with van der Waals surface area (Å²) < 4.78 is 5.76. The van der Waals surface area contributed by atoms with E-state index in [9.17, 15) is 0 Å². The molecule has 0 aromatic heterocycles. The molecule has 90 valence electrons. The Labute approximate surface area is 93.6 Å². The fourth-order valence-electron chi connectivity index (χ4n) is 1.92. The number of hydrogen-bond acceptors (Lipinski definition) is 4. The Morgan fingerprint density at radius 1 is 1.53 bits per heavy atom. The first-order chi connectivity index (χ1) is 7.26. The van der Waals surface area contributed by atoms with Gasteiger partial charge in [-0.3, -0.25) is 4.90 Å². The molecule has 0 aromatic rings. The fraction of sp³-hybridized carbons (Fsp3) is 1.00. The first-order valence-electron chi connectivity index (χ1n) is 5.93. The number of likely N-dealkylation sites (N-methyl/N-ethyl adjacent to an activating group) is 3. The number of nitrogens with zero attached hydrogens (tertiary/aromatic N) is 2. The summed E-state index contributed by atoms with van der Waals surface area (Å²) in [4.78, 5) is 4.79. The maximum atomic E-state index is 5.76.